The Morgan fingerprint density at radius 1 is 1.06 bits per heavy atom. The first-order valence-electron chi connectivity index (χ1n) is 6.28. The van der Waals surface area contributed by atoms with E-state index in [-0.39, 0.29) is 11.2 Å². The Morgan fingerprint density at radius 3 is 1.94 bits per heavy atom. The highest BCUT2D eigenvalue weighted by molar-refractivity contribution is 6.83. The maximum atomic E-state index is 12.1. The van der Waals surface area contributed by atoms with Gasteiger partial charge in [0, 0.05) is 16.5 Å². The number of Topliss-reactive ketones (excluding diaryl/α,β-unsaturated/α-hetero) is 1. The van der Waals surface area contributed by atoms with Crippen LogP contribution in [0, 0.1) is 16.9 Å². The first-order valence-corrected chi connectivity index (χ1v) is 9.78. The van der Waals surface area contributed by atoms with Crippen molar-refractivity contribution >= 4 is 13.9 Å². The first kappa shape index (κ1) is 14.7. The highest BCUT2D eigenvalue weighted by Crippen LogP contribution is 2.20. The van der Waals surface area contributed by atoms with Crippen molar-refractivity contribution in [2.24, 2.45) is 5.41 Å². The fraction of sp³-hybridized carbons (Fsp3) is 0.438. The minimum Gasteiger partial charge on any atom is -0.294 e. The number of hydrogen-bond acceptors (Lipinski definition) is 1. The van der Waals surface area contributed by atoms with E-state index in [4.69, 9.17) is 0 Å². The van der Waals surface area contributed by atoms with Crippen LogP contribution in [0.3, 0.4) is 0 Å². The Kier molecular flexibility index (Phi) is 4.19. The summed E-state index contributed by atoms with van der Waals surface area (Å²) in [4.78, 5) is 12.1. The summed E-state index contributed by atoms with van der Waals surface area (Å²) in [5.74, 6) is 3.36. The molecule has 0 atom stereocenters. The molecule has 0 saturated heterocycles. The minimum absolute atomic E-state index is 0.173. The van der Waals surface area contributed by atoms with Crippen LogP contribution in [0.2, 0.25) is 19.6 Å². The van der Waals surface area contributed by atoms with Crippen molar-refractivity contribution in [2.45, 2.75) is 40.4 Å². The van der Waals surface area contributed by atoms with Gasteiger partial charge in [-0.15, -0.1) is 5.54 Å². The molecule has 0 aromatic heterocycles. The van der Waals surface area contributed by atoms with E-state index in [0.717, 1.165) is 11.1 Å². The molecule has 0 aliphatic rings. The largest absolute Gasteiger partial charge is 0.294 e. The Hall–Kier alpha value is -1.33. The van der Waals surface area contributed by atoms with Crippen LogP contribution in [0.1, 0.15) is 36.7 Å². The fourth-order valence-electron chi connectivity index (χ4n) is 1.40. The molecule has 1 aromatic carbocycles. The topological polar surface area (TPSA) is 17.1 Å². The lowest BCUT2D eigenvalue weighted by Gasteiger charge is -2.16. The summed E-state index contributed by atoms with van der Waals surface area (Å²) in [6.45, 7) is 12.5. The van der Waals surface area contributed by atoms with Crippen LogP contribution in [0.4, 0.5) is 0 Å². The second-order valence-corrected chi connectivity index (χ2v) is 11.4. The molecule has 0 saturated carbocycles. The number of benzene rings is 1. The lowest BCUT2D eigenvalue weighted by Crippen LogP contribution is -2.20. The summed E-state index contributed by atoms with van der Waals surface area (Å²) in [7, 11) is -1.33. The summed E-state index contributed by atoms with van der Waals surface area (Å²) >= 11 is 0. The number of carbonyl (C=O) groups excluding carboxylic acids is 1. The van der Waals surface area contributed by atoms with Crippen molar-refractivity contribution in [2.75, 3.05) is 0 Å². The fourth-order valence-corrected chi connectivity index (χ4v) is 1.92. The van der Waals surface area contributed by atoms with Gasteiger partial charge in [-0.25, -0.2) is 0 Å². The molecular formula is C16H22OSi. The predicted molar refractivity (Wildman–Crippen MR) is 80.5 cm³/mol. The average Bonchev–Trinajstić information content (AvgIpc) is 2.24. The van der Waals surface area contributed by atoms with E-state index < -0.39 is 8.07 Å². The summed E-state index contributed by atoms with van der Waals surface area (Å²) in [5, 5.41) is 0. The molecule has 18 heavy (non-hydrogen) atoms. The van der Waals surface area contributed by atoms with Gasteiger partial charge in [-0.2, -0.15) is 0 Å². The maximum Gasteiger partial charge on any atom is 0.168 e. The second-order valence-electron chi connectivity index (χ2n) is 6.66. The molecule has 0 bridgehead atoms. The van der Waals surface area contributed by atoms with Gasteiger partial charge >= 0.3 is 0 Å². The van der Waals surface area contributed by atoms with Crippen LogP contribution >= 0.6 is 0 Å². The molecule has 0 amide bonds. The SMILES string of the molecule is CC(C)(C)C(=O)c1ccc(C#C[Si](C)(C)C)cc1. The third-order valence-corrected chi connectivity index (χ3v) is 3.29. The van der Waals surface area contributed by atoms with Crippen molar-refractivity contribution in [3.05, 3.63) is 35.4 Å². The summed E-state index contributed by atoms with van der Waals surface area (Å²) in [6.07, 6.45) is 0. The van der Waals surface area contributed by atoms with Gasteiger partial charge in [-0.05, 0) is 12.1 Å². The number of carbonyl (C=O) groups is 1. The van der Waals surface area contributed by atoms with Crippen molar-refractivity contribution in [3.63, 3.8) is 0 Å². The average molecular weight is 258 g/mol. The lowest BCUT2D eigenvalue weighted by atomic mass is 9.86. The maximum absolute atomic E-state index is 12.1. The van der Waals surface area contributed by atoms with Crippen LogP contribution in [0.15, 0.2) is 24.3 Å². The van der Waals surface area contributed by atoms with E-state index in [2.05, 4.69) is 31.1 Å². The summed E-state index contributed by atoms with van der Waals surface area (Å²) in [5.41, 5.74) is 4.75. The van der Waals surface area contributed by atoms with Crippen LogP contribution < -0.4 is 0 Å². The second kappa shape index (κ2) is 5.12. The van der Waals surface area contributed by atoms with Crippen molar-refractivity contribution in [3.8, 4) is 11.5 Å². The number of rotatable bonds is 1. The molecule has 0 N–H and O–H groups in total. The summed E-state index contributed by atoms with van der Waals surface area (Å²) < 4.78 is 0. The first-order chi connectivity index (χ1) is 8.09. The third kappa shape index (κ3) is 4.50. The van der Waals surface area contributed by atoms with Gasteiger partial charge in [0.25, 0.3) is 0 Å². The molecule has 0 aliphatic carbocycles. The zero-order valence-electron chi connectivity index (χ0n) is 12.2. The van der Waals surface area contributed by atoms with E-state index in [1.807, 2.05) is 45.0 Å². The number of hydrogen-bond donors (Lipinski definition) is 0. The van der Waals surface area contributed by atoms with E-state index in [0.29, 0.717) is 0 Å². The zero-order valence-corrected chi connectivity index (χ0v) is 13.2. The monoisotopic (exact) mass is 258 g/mol. The van der Waals surface area contributed by atoms with Crippen LogP contribution in [-0.4, -0.2) is 13.9 Å². The molecule has 1 nitrogen and oxygen atoms in total. The quantitative estimate of drug-likeness (QED) is 0.420. The predicted octanol–water partition coefficient (Wildman–Crippen LogP) is 4.14. The Labute approximate surface area is 112 Å². The van der Waals surface area contributed by atoms with Crippen molar-refractivity contribution < 1.29 is 4.79 Å². The summed E-state index contributed by atoms with van der Waals surface area (Å²) in [6, 6.07) is 7.63. The molecular weight excluding hydrogens is 236 g/mol. The van der Waals surface area contributed by atoms with Gasteiger partial charge in [-0.3, -0.25) is 4.79 Å². The Balaban J connectivity index is 2.93. The van der Waals surface area contributed by atoms with Gasteiger partial charge in [0.15, 0.2) is 5.78 Å². The zero-order chi connectivity index (χ0) is 14.0. The van der Waals surface area contributed by atoms with Gasteiger partial charge in [-0.1, -0.05) is 58.5 Å². The normalized spacial score (nSPS) is 11.7. The molecule has 2 heteroatoms. The van der Waals surface area contributed by atoms with Crippen molar-refractivity contribution in [1.29, 1.82) is 0 Å². The van der Waals surface area contributed by atoms with Crippen LogP contribution in [-0.2, 0) is 0 Å². The standard InChI is InChI=1S/C16H22OSi/c1-16(2,3)15(17)14-9-7-13(8-10-14)11-12-18(4,5)6/h7-10H,1-6H3. The van der Waals surface area contributed by atoms with Crippen molar-refractivity contribution in [1.82, 2.24) is 0 Å². The van der Waals surface area contributed by atoms with Gasteiger partial charge < -0.3 is 0 Å². The molecule has 0 aliphatic heterocycles. The van der Waals surface area contributed by atoms with Gasteiger partial charge in [0.05, 0.1) is 0 Å². The molecule has 0 heterocycles. The van der Waals surface area contributed by atoms with E-state index in [9.17, 15) is 4.79 Å². The molecule has 1 rings (SSSR count). The lowest BCUT2D eigenvalue weighted by molar-refractivity contribution is 0.0858. The van der Waals surface area contributed by atoms with E-state index in [1.165, 1.54) is 0 Å². The van der Waals surface area contributed by atoms with Gasteiger partial charge in [0.1, 0.15) is 8.07 Å². The molecule has 0 unspecified atom stereocenters. The smallest absolute Gasteiger partial charge is 0.168 e. The Bertz CT molecular complexity index is 487. The van der Waals surface area contributed by atoms with E-state index in [1.54, 1.807) is 0 Å². The van der Waals surface area contributed by atoms with E-state index >= 15 is 0 Å². The highest BCUT2D eigenvalue weighted by atomic mass is 28.3. The molecule has 1 aromatic rings. The van der Waals surface area contributed by atoms with Gasteiger partial charge in [0.2, 0.25) is 0 Å². The number of ketones is 1. The minimum atomic E-state index is -1.33. The molecule has 0 fully saturated rings. The molecule has 0 spiro atoms. The third-order valence-electron chi connectivity index (χ3n) is 2.41. The van der Waals surface area contributed by atoms with Crippen LogP contribution in [0.5, 0.6) is 0 Å². The molecule has 0 radical (unpaired) electrons. The highest BCUT2D eigenvalue weighted by Gasteiger charge is 2.22. The Morgan fingerprint density at radius 2 is 1.56 bits per heavy atom. The van der Waals surface area contributed by atoms with Crippen LogP contribution in [0.25, 0.3) is 0 Å². The molecule has 96 valence electrons.